The Morgan fingerprint density at radius 2 is 2.45 bits per heavy atom. The van der Waals surface area contributed by atoms with Crippen LogP contribution in [0.3, 0.4) is 0 Å². The van der Waals surface area contributed by atoms with Crippen LogP contribution >= 0.6 is 27.3 Å². The maximum Gasteiger partial charge on any atom is 0.119 e. The van der Waals surface area contributed by atoms with Crippen LogP contribution < -0.4 is 0 Å². The van der Waals surface area contributed by atoms with Crippen LogP contribution in [-0.4, -0.2) is 4.98 Å². The number of H-pyrrole nitrogens is 1. The number of nitriles is 1. The van der Waals surface area contributed by atoms with E-state index in [4.69, 9.17) is 5.26 Å². The summed E-state index contributed by atoms with van der Waals surface area (Å²) in [7, 11) is 0. The average Bonchev–Trinajstić information content (AvgIpc) is 2.53. The van der Waals surface area contributed by atoms with Crippen molar-refractivity contribution in [3.05, 3.63) is 21.6 Å². The fraction of sp³-hybridized carbons (Fsp3) is 0. The molecule has 0 saturated heterocycles. The second kappa shape index (κ2) is 2.36. The number of aromatic amines is 1. The van der Waals surface area contributed by atoms with Crippen LogP contribution in [0, 0.1) is 11.3 Å². The van der Waals surface area contributed by atoms with E-state index < -0.39 is 0 Å². The van der Waals surface area contributed by atoms with E-state index in [1.165, 1.54) is 0 Å². The van der Waals surface area contributed by atoms with Gasteiger partial charge in [0, 0.05) is 15.2 Å². The molecule has 0 aromatic carbocycles. The minimum absolute atomic E-state index is 0.618. The smallest absolute Gasteiger partial charge is 0.119 e. The number of nitrogens with zero attached hydrogens (tertiary/aromatic N) is 1. The van der Waals surface area contributed by atoms with E-state index >= 15 is 0 Å². The summed E-state index contributed by atoms with van der Waals surface area (Å²) in [4.78, 5) is 4.04. The van der Waals surface area contributed by atoms with Crippen molar-refractivity contribution in [1.82, 2.24) is 4.98 Å². The van der Waals surface area contributed by atoms with Crippen molar-refractivity contribution in [2.75, 3.05) is 0 Å². The Morgan fingerprint density at radius 3 is 3.09 bits per heavy atom. The van der Waals surface area contributed by atoms with Gasteiger partial charge < -0.3 is 4.98 Å². The quantitative estimate of drug-likeness (QED) is 0.738. The van der Waals surface area contributed by atoms with E-state index in [0.29, 0.717) is 5.69 Å². The zero-order valence-corrected chi connectivity index (χ0v) is 7.79. The first-order chi connectivity index (χ1) is 5.31. The van der Waals surface area contributed by atoms with E-state index in [2.05, 4.69) is 27.0 Å². The second-order valence-electron chi connectivity index (χ2n) is 2.12. The lowest BCUT2D eigenvalue weighted by molar-refractivity contribution is 1.38. The lowest BCUT2D eigenvalue weighted by atomic mass is 10.4. The molecule has 2 aromatic rings. The predicted octanol–water partition coefficient (Wildman–Crippen LogP) is 2.86. The first-order valence-electron chi connectivity index (χ1n) is 2.97. The minimum atomic E-state index is 0.618. The summed E-state index contributed by atoms with van der Waals surface area (Å²) in [5.74, 6) is 0. The molecule has 0 fully saturated rings. The highest BCUT2D eigenvalue weighted by Crippen LogP contribution is 2.30. The van der Waals surface area contributed by atoms with Gasteiger partial charge in [-0.05, 0) is 22.0 Å². The molecule has 0 aliphatic rings. The van der Waals surface area contributed by atoms with Crippen LogP contribution in [0.25, 0.3) is 10.2 Å². The van der Waals surface area contributed by atoms with Crippen molar-refractivity contribution in [3.63, 3.8) is 0 Å². The summed E-state index contributed by atoms with van der Waals surface area (Å²) >= 11 is 4.99. The van der Waals surface area contributed by atoms with Gasteiger partial charge in [0.25, 0.3) is 0 Å². The van der Waals surface area contributed by atoms with Crippen LogP contribution in [0.2, 0.25) is 0 Å². The molecule has 2 heterocycles. The summed E-state index contributed by atoms with van der Waals surface area (Å²) in [5, 5.41) is 11.6. The second-order valence-corrected chi connectivity index (χ2v) is 3.86. The van der Waals surface area contributed by atoms with Gasteiger partial charge in [0.05, 0.1) is 0 Å². The van der Waals surface area contributed by atoms with Crippen molar-refractivity contribution in [1.29, 1.82) is 5.26 Å². The molecule has 2 nitrogen and oxygen atoms in total. The zero-order chi connectivity index (χ0) is 7.84. The average molecular weight is 227 g/mol. The van der Waals surface area contributed by atoms with Gasteiger partial charge in [-0.15, -0.1) is 11.3 Å². The van der Waals surface area contributed by atoms with Gasteiger partial charge in [-0.3, -0.25) is 0 Å². The Morgan fingerprint density at radius 1 is 1.64 bits per heavy atom. The number of hydrogen-bond donors (Lipinski definition) is 1. The SMILES string of the molecule is N#Cc1cc2c(Br)csc2[nH]1. The molecule has 0 aliphatic carbocycles. The number of nitrogens with one attached hydrogen (secondary N) is 1. The zero-order valence-electron chi connectivity index (χ0n) is 5.39. The third kappa shape index (κ3) is 0.971. The highest BCUT2D eigenvalue weighted by Gasteiger charge is 2.04. The molecule has 54 valence electrons. The van der Waals surface area contributed by atoms with Crippen LogP contribution in [0.1, 0.15) is 5.69 Å². The van der Waals surface area contributed by atoms with E-state index in [1.54, 1.807) is 11.3 Å². The van der Waals surface area contributed by atoms with Gasteiger partial charge in [0.1, 0.15) is 16.6 Å². The van der Waals surface area contributed by atoms with Crippen molar-refractivity contribution in [3.8, 4) is 6.07 Å². The largest absolute Gasteiger partial charge is 0.338 e. The number of hydrogen-bond acceptors (Lipinski definition) is 2. The Balaban J connectivity index is 2.82. The van der Waals surface area contributed by atoms with Crippen molar-refractivity contribution < 1.29 is 0 Å². The molecule has 2 rings (SSSR count). The lowest BCUT2D eigenvalue weighted by Crippen LogP contribution is -1.65. The molecule has 0 atom stereocenters. The molecule has 2 aromatic heterocycles. The molecule has 1 N–H and O–H groups in total. The maximum absolute atomic E-state index is 8.56. The van der Waals surface area contributed by atoms with Gasteiger partial charge in [-0.1, -0.05) is 0 Å². The van der Waals surface area contributed by atoms with E-state index in [0.717, 1.165) is 14.7 Å². The van der Waals surface area contributed by atoms with Crippen LogP contribution in [0.15, 0.2) is 15.9 Å². The summed E-state index contributed by atoms with van der Waals surface area (Å²) in [5.41, 5.74) is 0.618. The lowest BCUT2D eigenvalue weighted by Gasteiger charge is -1.74. The molecular weight excluding hydrogens is 224 g/mol. The molecule has 0 aliphatic heterocycles. The summed E-state index contributed by atoms with van der Waals surface area (Å²) in [6.45, 7) is 0. The summed E-state index contributed by atoms with van der Waals surface area (Å²) in [6.07, 6.45) is 0. The van der Waals surface area contributed by atoms with Crippen LogP contribution in [0.4, 0.5) is 0 Å². The van der Waals surface area contributed by atoms with E-state index in [9.17, 15) is 0 Å². The number of thiophene rings is 1. The van der Waals surface area contributed by atoms with Crippen molar-refractivity contribution in [2.24, 2.45) is 0 Å². The number of aromatic nitrogens is 1. The molecule has 0 saturated carbocycles. The fourth-order valence-electron chi connectivity index (χ4n) is 0.940. The van der Waals surface area contributed by atoms with Gasteiger partial charge in [0.2, 0.25) is 0 Å². The number of rotatable bonds is 0. The summed E-state index contributed by atoms with van der Waals surface area (Å²) in [6, 6.07) is 3.90. The van der Waals surface area contributed by atoms with Gasteiger partial charge in [0.15, 0.2) is 0 Å². The van der Waals surface area contributed by atoms with Gasteiger partial charge in [-0.25, -0.2) is 0 Å². The molecule has 0 bridgehead atoms. The molecule has 4 heteroatoms. The Bertz CT molecular complexity index is 435. The highest BCUT2D eigenvalue weighted by molar-refractivity contribution is 9.10. The first kappa shape index (κ1) is 6.89. The van der Waals surface area contributed by atoms with Gasteiger partial charge >= 0.3 is 0 Å². The monoisotopic (exact) mass is 226 g/mol. The highest BCUT2D eigenvalue weighted by atomic mass is 79.9. The first-order valence-corrected chi connectivity index (χ1v) is 4.64. The Hall–Kier alpha value is -0.790. The van der Waals surface area contributed by atoms with Crippen molar-refractivity contribution >= 4 is 37.5 Å². The summed E-state index contributed by atoms with van der Waals surface area (Å²) < 4.78 is 1.05. The Labute approximate surface area is 75.6 Å². The normalized spacial score (nSPS) is 10.2. The number of halogens is 1. The number of fused-ring (bicyclic) bond motifs is 1. The molecule has 0 unspecified atom stereocenters. The fourth-order valence-corrected chi connectivity index (χ4v) is 2.48. The molecule has 0 radical (unpaired) electrons. The van der Waals surface area contributed by atoms with E-state index in [1.807, 2.05) is 11.4 Å². The third-order valence-corrected chi connectivity index (χ3v) is 3.31. The minimum Gasteiger partial charge on any atom is -0.338 e. The molecule has 0 spiro atoms. The maximum atomic E-state index is 8.56. The van der Waals surface area contributed by atoms with E-state index in [-0.39, 0.29) is 0 Å². The standard InChI is InChI=1S/C7H3BrN2S/c8-6-3-11-7-5(6)1-4(2-9)10-7/h1,3,10H. The molecule has 11 heavy (non-hydrogen) atoms. The predicted molar refractivity (Wildman–Crippen MR) is 48.6 cm³/mol. The van der Waals surface area contributed by atoms with Crippen LogP contribution in [-0.2, 0) is 0 Å². The van der Waals surface area contributed by atoms with Gasteiger partial charge in [-0.2, -0.15) is 5.26 Å². The Kier molecular flexibility index (Phi) is 1.48. The topological polar surface area (TPSA) is 39.6 Å². The third-order valence-electron chi connectivity index (χ3n) is 1.44. The molecule has 0 amide bonds. The van der Waals surface area contributed by atoms with Crippen molar-refractivity contribution in [2.45, 2.75) is 0 Å². The van der Waals surface area contributed by atoms with Crippen LogP contribution in [0.5, 0.6) is 0 Å². The molecular formula is C7H3BrN2S.